The molecule has 4 N–H and O–H groups in total. The van der Waals surface area contributed by atoms with Gasteiger partial charge in [0.05, 0.1) is 35.4 Å². The van der Waals surface area contributed by atoms with Crippen LogP contribution < -0.4 is 20.6 Å². The molecule has 2 aliphatic heterocycles. The first-order valence-electron chi connectivity index (χ1n) is 22.6. The molecule has 7 heterocycles. The molecule has 2 aromatic carbocycles. The van der Waals surface area contributed by atoms with Crippen molar-refractivity contribution in [2.75, 3.05) is 0 Å². The largest absolute Gasteiger partial charge is 2.00 e. The van der Waals surface area contributed by atoms with Gasteiger partial charge in [-0.25, -0.2) is 19.9 Å². The number of hydrogen-bond donors (Lipinski definition) is 4. The summed E-state index contributed by atoms with van der Waals surface area (Å²) in [6.45, 7) is 13.7. The first-order valence-corrected chi connectivity index (χ1v) is 22.6. The van der Waals surface area contributed by atoms with Crippen LogP contribution in [0.5, 0.6) is 0 Å². The third kappa shape index (κ3) is 12.6. The van der Waals surface area contributed by atoms with Gasteiger partial charge in [-0.2, -0.15) is 0 Å². The van der Waals surface area contributed by atoms with Gasteiger partial charge in [-0.1, -0.05) is 121 Å². The van der Waals surface area contributed by atoms with Crippen LogP contribution in [0.4, 0.5) is 0 Å². The van der Waals surface area contributed by atoms with E-state index < -0.39 is 0 Å². The minimum atomic E-state index is -0.0181. The summed E-state index contributed by atoms with van der Waals surface area (Å²) < 4.78 is 0. The van der Waals surface area contributed by atoms with E-state index in [1.807, 2.05) is 66.7 Å². The van der Waals surface area contributed by atoms with Crippen LogP contribution in [-0.2, 0) is 52.3 Å². The Morgan fingerprint density at radius 3 is 1.48 bits per heavy atom. The second kappa shape index (κ2) is 23.9. The number of allylic oxidation sites excluding steroid dienone is 4. The van der Waals surface area contributed by atoms with E-state index in [1.54, 1.807) is 37.4 Å². The van der Waals surface area contributed by atoms with E-state index in [-0.39, 0.29) is 28.6 Å². The molecule has 345 valence electrons. The number of nitrogens with one attached hydrogen (secondary N) is 4. The maximum Gasteiger partial charge on any atom is 2.00 e. The standard InChI is InChI=1S/C48H52N6O2.2C3H4N2.Co/c1-7-35-29(3)39-23-40-31(5)37(19-21-47(55)49-27-33-15-11-9-12-16-33)45(53-40)26-46-38(20-22-48(56)50-28-34-17-13-10-14-18-34)32(6)42(54-46)25-44-36(8-2)30(4)41(52-44)24-43(35)51-39;2*1-2-5-3-4-1;/h9-18,23-26H,7-8,19-22,27-28H2,1-6H3,(H4,49,50,51,52,53,54,55,56);2*1-3H,(H,4,5);/q;;;+2/p-2. The zero-order valence-corrected chi connectivity index (χ0v) is 40.1. The van der Waals surface area contributed by atoms with Gasteiger partial charge in [0.1, 0.15) is 0 Å². The summed E-state index contributed by atoms with van der Waals surface area (Å²) in [5.74, 6) is -0.0360. The number of amides is 2. The van der Waals surface area contributed by atoms with Crippen LogP contribution in [-0.4, -0.2) is 41.7 Å². The molecule has 2 amide bonds. The number of imidazole rings is 2. The Hall–Kier alpha value is -7.09. The van der Waals surface area contributed by atoms with Crippen molar-refractivity contribution in [3.05, 3.63) is 179 Å². The molecule has 67 heavy (non-hydrogen) atoms. The molecule has 0 unspecified atom stereocenters. The number of nitrogens with zero attached hydrogens (tertiary/aromatic N) is 6. The smallest absolute Gasteiger partial charge is 0.657 e. The van der Waals surface area contributed by atoms with Crippen LogP contribution in [0.15, 0.2) is 122 Å². The number of carbonyl (C=O) groups is 2. The second-order valence-corrected chi connectivity index (χ2v) is 16.3. The number of hydrogen-bond acceptors (Lipinski definition) is 6. The Morgan fingerprint density at radius 1 is 0.552 bits per heavy atom. The number of aromatic nitrogens is 8. The molecule has 7 aromatic rings. The third-order valence-corrected chi connectivity index (χ3v) is 12.0. The number of H-pyrrole nitrogens is 2. The first-order chi connectivity index (χ1) is 32.1. The third-order valence-electron chi connectivity index (χ3n) is 12.0. The number of aromatic amines is 2. The summed E-state index contributed by atoms with van der Waals surface area (Å²) in [7, 11) is 0. The zero-order valence-electron chi connectivity index (χ0n) is 39.0. The molecule has 0 fully saturated rings. The molecule has 0 spiro atoms. The van der Waals surface area contributed by atoms with E-state index in [2.05, 4.69) is 90.3 Å². The van der Waals surface area contributed by atoms with Gasteiger partial charge >= 0.3 is 16.8 Å². The normalized spacial score (nSPS) is 11.8. The Labute approximate surface area is 402 Å². The molecule has 0 saturated carbocycles. The molecule has 5 aromatic heterocycles. The van der Waals surface area contributed by atoms with Gasteiger partial charge in [-0.15, -0.1) is 22.1 Å². The average Bonchev–Trinajstić information content (AvgIpc) is 4.22. The fourth-order valence-electron chi connectivity index (χ4n) is 8.27. The molecule has 12 nitrogen and oxygen atoms in total. The minimum absolute atomic E-state index is 0. The zero-order chi connectivity index (χ0) is 46.4. The molecule has 0 saturated heterocycles. The van der Waals surface area contributed by atoms with Crippen LogP contribution in [0, 0.1) is 13.8 Å². The molecule has 13 heteroatoms. The number of carbonyl (C=O) groups excluding carboxylic acids is 2. The Kier molecular flexibility index (Phi) is 17.6. The quantitative estimate of drug-likeness (QED) is 0.0938. The van der Waals surface area contributed by atoms with E-state index >= 15 is 0 Å². The molecule has 0 aliphatic carbocycles. The van der Waals surface area contributed by atoms with Crippen LogP contribution >= 0.6 is 0 Å². The summed E-state index contributed by atoms with van der Waals surface area (Å²) in [6.07, 6.45) is 13.5. The SMILES string of the molecule is CCC1=C(C)c2cc3[n-]c(cc4nc(cc5[n-]c(cc1n2)c(C)c5CCC(=O)NCc1ccccc1)C(CCC(=O)NCc1ccccc1)=C4C)c(C)c3CC.[Co+2].c1c[nH]cn1.c1c[nH]cn1. The van der Waals surface area contributed by atoms with Crippen molar-refractivity contribution in [3.63, 3.8) is 0 Å². The predicted molar refractivity (Wildman–Crippen MR) is 264 cm³/mol. The number of aryl methyl sites for hydroxylation is 4. The van der Waals surface area contributed by atoms with Crippen LogP contribution in [0.2, 0.25) is 0 Å². The van der Waals surface area contributed by atoms with Crippen molar-refractivity contribution < 1.29 is 26.4 Å². The maximum atomic E-state index is 13.2. The average molecular weight is 938 g/mol. The fourth-order valence-corrected chi connectivity index (χ4v) is 8.27. The molecule has 0 atom stereocenters. The Morgan fingerprint density at radius 2 is 1.00 bits per heavy atom. The summed E-state index contributed by atoms with van der Waals surface area (Å²) in [4.78, 5) is 60.0. The van der Waals surface area contributed by atoms with Crippen molar-refractivity contribution in [3.8, 4) is 0 Å². The van der Waals surface area contributed by atoms with Crippen molar-refractivity contribution in [2.24, 2.45) is 0 Å². The van der Waals surface area contributed by atoms with Crippen LogP contribution in [0.25, 0.3) is 44.4 Å². The van der Waals surface area contributed by atoms with Crippen molar-refractivity contribution >= 4 is 56.2 Å². The molecule has 8 bridgehead atoms. The predicted octanol–water partition coefficient (Wildman–Crippen LogP) is 10.2. The van der Waals surface area contributed by atoms with Gasteiger partial charge in [0.15, 0.2) is 0 Å². The van der Waals surface area contributed by atoms with Crippen molar-refractivity contribution in [1.82, 2.24) is 50.5 Å². The molecule has 9 rings (SSSR count). The Balaban J connectivity index is 0.000000596. The monoisotopic (exact) mass is 937 g/mol. The van der Waals surface area contributed by atoms with Crippen LogP contribution in [0.1, 0.15) is 110 Å². The van der Waals surface area contributed by atoms with Gasteiger partial charge in [-0.05, 0) is 86.8 Å². The number of fused-ring (bicyclic) bond motifs is 8. The minimum Gasteiger partial charge on any atom is -0.657 e. The van der Waals surface area contributed by atoms with Crippen LogP contribution in [0.3, 0.4) is 0 Å². The summed E-state index contributed by atoms with van der Waals surface area (Å²) in [5.41, 5.74) is 17.7. The summed E-state index contributed by atoms with van der Waals surface area (Å²) in [6, 6.07) is 28.2. The Bertz CT molecular complexity index is 2910. The van der Waals surface area contributed by atoms with E-state index in [9.17, 15) is 9.59 Å². The van der Waals surface area contributed by atoms with E-state index in [0.717, 1.165) is 102 Å². The molecular formula is C54H58CoN10O2. The second-order valence-electron chi connectivity index (χ2n) is 16.3. The van der Waals surface area contributed by atoms with Crippen molar-refractivity contribution in [1.29, 1.82) is 0 Å². The van der Waals surface area contributed by atoms with Gasteiger partial charge in [-0.3, -0.25) is 9.59 Å². The topological polar surface area (TPSA) is 170 Å². The van der Waals surface area contributed by atoms with Gasteiger partial charge < -0.3 is 30.6 Å². The van der Waals surface area contributed by atoms with Gasteiger partial charge in [0, 0.05) is 50.7 Å². The summed E-state index contributed by atoms with van der Waals surface area (Å²) in [5, 5.41) is 6.17. The first kappa shape index (κ1) is 49.3. The summed E-state index contributed by atoms with van der Waals surface area (Å²) >= 11 is 0. The maximum absolute atomic E-state index is 13.2. The van der Waals surface area contributed by atoms with E-state index in [4.69, 9.17) is 19.9 Å². The van der Waals surface area contributed by atoms with Gasteiger partial charge in [0.2, 0.25) is 11.8 Å². The van der Waals surface area contributed by atoms with E-state index in [0.29, 0.717) is 38.8 Å². The molecular weight excluding hydrogens is 880 g/mol. The van der Waals surface area contributed by atoms with E-state index in [1.165, 1.54) is 11.1 Å². The number of rotatable bonds is 12. The molecule has 1 radical (unpaired) electrons. The molecule has 2 aliphatic rings. The van der Waals surface area contributed by atoms with Crippen molar-refractivity contribution in [2.45, 2.75) is 93.2 Å². The van der Waals surface area contributed by atoms with Gasteiger partial charge in [0.25, 0.3) is 0 Å². The number of benzene rings is 2. The fraction of sp³-hybridized carbons (Fsp3) is 0.259.